The zero-order chi connectivity index (χ0) is 21.2. The number of aliphatic hydroxyl groups excluding tert-OH is 1. The monoisotopic (exact) mass is 430 g/mol. The number of H-pyrrole nitrogens is 1. The number of ether oxygens (including phenoxy) is 1. The molecule has 0 aromatic carbocycles. The SMILES string of the molecule is Cc1cn(C2CN(C)C[C@@H](COP(C)(=O)N3CCC[C@@H]3CCO)O2)c(=O)[nH]c1=O. The van der Waals surface area contributed by atoms with Crippen molar-refractivity contribution in [3.63, 3.8) is 0 Å². The minimum Gasteiger partial charge on any atom is -0.396 e. The fraction of sp³-hybridized carbons (Fsp3) is 0.778. The Morgan fingerprint density at radius 3 is 2.86 bits per heavy atom. The van der Waals surface area contributed by atoms with E-state index in [9.17, 15) is 19.3 Å². The normalized spacial score (nSPS) is 28.5. The third-order valence-corrected chi connectivity index (χ3v) is 7.65. The van der Waals surface area contributed by atoms with Gasteiger partial charge in [0, 0.05) is 50.7 Å². The molecule has 164 valence electrons. The molecule has 2 aliphatic heterocycles. The summed E-state index contributed by atoms with van der Waals surface area (Å²) in [5, 5.41) is 9.24. The first kappa shape index (κ1) is 22.4. The molecule has 2 fully saturated rings. The van der Waals surface area contributed by atoms with E-state index in [1.807, 2.05) is 16.6 Å². The van der Waals surface area contributed by atoms with Gasteiger partial charge in [-0.15, -0.1) is 0 Å². The maximum Gasteiger partial charge on any atom is 0.330 e. The third kappa shape index (κ3) is 5.25. The lowest BCUT2D eigenvalue weighted by atomic mass is 10.2. The van der Waals surface area contributed by atoms with Crippen LogP contribution in [-0.2, 0) is 13.8 Å². The number of aryl methyl sites for hydroxylation is 1. The van der Waals surface area contributed by atoms with Crippen LogP contribution in [0.25, 0.3) is 0 Å². The molecule has 1 aromatic rings. The van der Waals surface area contributed by atoms with E-state index < -0.39 is 25.0 Å². The Balaban J connectivity index is 1.67. The number of aromatic amines is 1. The summed E-state index contributed by atoms with van der Waals surface area (Å²) >= 11 is 0. The van der Waals surface area contributed by atoms with Gasteiger partial charge in [0.2, 0.25) is 0 Å². The van der Waals surface area contributed by atoms with Gasteiger partial charge in [-0.05, 0) is 33.2 Å². The van der Waals surface area contributed by atoms with Gasteiger partial charge in [0.1, 0.15) is 0 Å². The van der Waals surface area contributed by atoms with E-state index in [1.165, 1.54) is 10.8 Å². The first-order valence-corrected chi connectivity index (χ1v) is 12.0. The number of nitrogens with zero attached hydrogens (tertiary/aromatic N) is 3. The van der Waals surface area contributed by atoms with Gasteiger partial charge < -0.3 is 14.4 Å². The van der Waals surface area contributed by atoms with Crippen molar-refractivity contribution in [3.8, 4) is 0 Å². The van der Waals surface area contributed by atoms with Crippen molar-refractivity contribution in [3.05, 3.63) is 32.6 Å². The molecule has 11 heteroatoms. The minimum atomic E-state index is -3.02. The topological polar surface area (TPSA) is 117 Å². The van der Waals surface area contributed by atoms with E-state index in [0.29, 0.717) is 31.6 Å². The van der Waals surface area contributed by atoms with Crippen molar-refractivity contribution < 1.29 is 18.9 Å². The maximum atomic E-state index is 13.2. The number of morpholine rings is 1. The van der Waals surface area contributed by atoms with Gasteiger partial charge in [-0.1, -0.05) is 0 Å². The number of hydrogen-bond donors (Lipinski definition) is 2. The average Bonchev–Trinajstić information content (AvgIpc) is 3.12. The highest BCUT2D eigenvalue weighted by atomic mass is 31.2. The van der Waals surface area contributed by atoms with Crippen LogP contribution in [0.2, 0.25) is 0 Å². The van der Waals surface area contributed by atoms with Crippen LogP contribution < -0.4 is 11.2 Å². The van der Waals surface area contributed by atoms with Gasteiger partial charge in [-0.2, -0.15) is 0 Å². The largest absolute Gasteiger partial charge is 0.396 e. The molecular weight excluding hydrogens is 399 g/mol. The summed E-state index contributed by atoms with van der Waals surface area (Å²) in [7, 11) is -1.11. The maximum absolute atomic E-state index is 13.2. The molecule has 0 bridgehead atoms. The number of hydrogen-bond acceptors (Lipinski definition) is 7. The highest BCUT2D eigenvalue weighted by Gasteiger charge is 2.37. The smallest absolute Gasteiger partial charge is 0.330 e. The number of rotatable bonds is 7. The van der Waals surface area contributed by atoms with Crippen LogP contribution in [0.5, 0.6) is 0 Å². The predicted octanol–water partition coefficient (Wildman–Crippen LogP) is 0.361. The van der Waals surface area contributed by atoms with Gasteiger partial charge in [0.25, 0.3) is 13.1 Å². The third-order valence-electron chi connectivity index (χ3n) is 5.56. The molecule has 2 unspecified atom stereocenters. The Hall–Kier alpha value is -1.29. The Bertz CT molecular complexity index is 871. The summed E-state index contributed by atoms with van der Waals surface area (Å²) in [5.41, 5.74) is -0.507. The highest BCUT2D eigenvalue weighted by molar-refractivity contribution is 7.55. The highest BCUT2D eigenvalue weighted by Crippen LogP contribution is 2.51. The van der Waals surface area contributed by atoms with Crippen LogP contribution >= 0.6 is 7.52 Å². The number of nitrogens with one attached hydrogen (secondary N) is 1. The lowest BCUT2D eigenvalue weighted by Crippen LogP contribution is -2.48. The van der Waals surface area contributed by atoms with Crippen molar-refractivity contribution >= 4 is 7.52 Å². The molecule has 1 aromatic heterocycles. The van der Waals surface area contributed by atoms with Crippen molar-refractivity contribution in [1.82, 2.24) is 19.1 Å². The quantitative estimate of drug-likeness (QED) is 0.596. The predicted molar refractivity (Wildman–Crippen MR) is 108 cm³/mol. The Morgan fingerprint density at radius 2 is 2.14 bits per heavy atom. The average molecular weight is 430 g/mol. The molecule has 0 spiro atoms. The van der Waals surface area contributed by atoms with E-state index in [-0.39, 0.29) is 25.4 Å². The van der Waals surface area contributed by atoms with Gasteiger partial charge >= 0.3 is 5.69 Å². The molecule has 3 rings (SSSR count). The molecule has 10 nitrogen and oxygen atoms in total. The molecule has 0 radical (unpaired) electrons. The summed E-state index contributed by atoms with van der Waals surface area (Å²) in [6.07, 6.45) is 2.98. The van der Waals surface area contributed by atoms with Gasteiger partial charge in [-0.3, -0.25) is 23.8 Å². The van der Waals surface area contributed by atoms with Crippen molar-refractivity contribution in [1.29, 1.82) is 0 Å². The first-order valence-electron chi connectivity index (χ1n) is 9.97. The van der Waals surface area contributed by atoms with Crippen molar-refractivity contribution in [2.24, 2.45) is 0 Å². The van der Waals surface area contributed by atoms with Gasteiger partial charge in [0.05, 0.1) is 12.7 Å². The van der Waals surface area contributed by atoms with Crippen LogP contribution in [0.3, 0.4) is 0 Å². The van der Waals surface area contributed by atoms with E-state index in [2.05, 4.69) is 4.98 Å². The Kier molecular flexibility index (Phi) is 7.14. The van der Waals surface area contributed by atoms with Crippen molar-refractivity contribution in [2.75, 3.05) is 46.6 Å². The fourth-order valence-electron chi connectivity index (χ4n) is 4.08. The zero-order valence-electron chi connectivity index (χ0n) is 17.2. The second-order valence-electron chi connectivity index (χ2n) is 7.98. The standard InChI is InChI=1S/C18H31N4O6P/c1-13-9-21(18(25)19-17(13)24)16-11-20(2)10-15(28-16)12-27-29(3,26)22-7-4-5-14(22)6-8-23/h9,14-16,23H,4-8,10-12H2,1-3H3,(H,19,24,25)/t14-,15+,16?,29?/m1/s1. The second kappa shape index (κ2) is 9.24. The van der Waals surface area contributed by atoms with Crippen LogP contribution in [-0.4, -0.2) is 82.9 Å². The molecule has 0 aliphatic carbocycles. The molecule has 0 saturated carbocycles. The Labute approximate surface area is 169 Å². The van der Waals surface area contributed by atoms with E-state index in [1.54, 1.807) is 13.6 Å². The summed E-state index contributed by atoms with van der Waals surface area (Å²) in [4.78, 5) is 28.1. The number of likely N-dealkylation sites (N-methyl/N-ethyl adjacent to an activating group) is 1. The molecule has 29 heavy (non-hydrogen) atoms. The van der Waals surface area contributed by atoms with Crippen LogP contribution in [0.4, 0.5) is 0 Å². The molecule has 2 saturated heterocycles. The first-order chi connectivity index (χ1) is 13.7. The Morgan fingerprint density at radius 1 is 1.38 bits per heavy atom. The summed E-state index contributed by atoms with van der Waals surface area (Å²) in [6.45, 7) is 5.19. The number of aromatic nitrogens is 2. The zero-order valence-corrected chi connectivity index (χ0v) is 18.1. The van der Waals surface area contributed by atoms with Crippen molar-refractivity contribution in [2.45, 2.75) is 44.6 Å². The fourth-order valence-corrected chi connectivity index (χ4v) is 6.00. The summed E-state index contributed by atoms with van der Waals surface area (Å²) in [6, 6.07) is 0.0706. The summed E-state index contributed by atoms with van der Waals surface area (Å²) < 4.78 is 28.3. The molecular formula is C18H31N4O6P. The van der Waals surface area contributed by atoms with E-state index >= 15 is 0 Å². The minimum absolute atomic E-state index is 0.0622. The molecule has 2 aliphatic rings. The second-order valence-corrected chi connectivity index (χ2v) is 10.4. The van der Waals surface area contributed by atoms with Gasteiger partial charge in [0.15, 0.2) is 6.23 Å². The van der Waals surface area contributed by atoms with E-state index in [0.717, 1.165) is 12.8 Å². The van der Waals surface area contributed by atoms with Crippen LogP contribution in [0, 0.1) is 6.92 Å². The van der Waals surface area contributed by atoms with Crippen LogP contribution in [0.1, 0.15) is 31.1 Å². The molecule has 4 atom stereocenters. The lowest BCUT2D eigenvalue weighted by molar-refractivity contribution is -0.128. The molecule has 0 amide bonds. The van der Waals surface area contributed by atoms with E-state index in [4.69, 9.17) is 9.26 Å². The van der Waals surface area contributed by atoms with Crippen LogP contribution in [0.15, 0.2) is 15.8 Å². The molecule has 2 N–H and O–H groups in total. The molecule has 3 heterocycles. The number of aliphatic hydroxyl groups is 1. The summed E-state index contributed by atoms with van der Waals surface area (Å²) in [5.74, 6) is 0. The van der Waals surface area contributed by atoms with Gasteiger partial charge in [-0.25, -0.2) is 9.46 Å². The lowest BCUT2D eigenvalue weighted by Gasteiger charge is -2.37.